The number of methoxy groups -OCH3 is 1. The Morgan fingerprint density at radius 3 is 2.56 bits per heavy atom. The predicted octanol–water partition coefficient (Wildman–Crippen LogP) is 0.584. The second-order valence-electron chi connectivity index (χ2n) is 4.45. The number of halogens is 3. The van der Waals surface area contributed by atoms with Crippen LogP contribution in [-0.2, 0) is 19.0 Å². The van der Waals surface area contributed by atoms with Crippen molar-refractivity contribution in [2.45, 2.75) is 43.6 Å². The van der Waals surface area contributed by atoms with E-state index in [2.05, 4.69) is 0 Å². The van der Waals surface area contributed by atoms with Gasteiger partial charge in [0.25, 0.3) is 0 Å². The number of nitrogens with one attached hydrogen (secondary N) is 1. The highest BCUT2D eigenvalue weighted by Gasteiger charge is 2.61. The first-order valence-corrected chi connectivity index (χ1v) is 5.49. The van der Waals surface area contributed by atoms with Gasteiger partial charge in [0.05, 0.1) is 18.8 Å². The second kappa shape index (κ2) is 4.36. The van der Waals surface area contributed by atoms with Crippen LogP contribution in [0.25, 0.3) is 0 Å². The zero-order chi connectivity index (χ0) is 13.6. The molecular formula is C10H14F3NO4. The molecule has 2 saturated heterocycles. The molecule has 8 heteroatoms. The first kappa shape index (κ1) is 13.6. The predicted molar refractivity (Wildman–Crippen MR) is 52.6 cm³/mol. The highest BCUT2D eigenvalue weighted by Crippen LogP contribution is 2.42. The van der Waals surface area contributed by atoms with E-state index in [0.29, 0.717) is 0 Å². The zero-order valence-electron chi connectivity index (χ0n) is 9.91. The lowest BCUT2D eigenvalue weighted by Crippen LogP contribution is -2.59. The van der Waals surface area contributed by atoms with Gasteiger partial charge in [-0.3, -0.25) is 4.79 Å². The normalized spacial score (nSPS) is 39.7. The Hall–Kier alpha value is -0.860. The number of hydrogen-bond acceptors (Lipinski definition) is 4. The molecule has 0 aromatic rings. The highest BCUT2D eigenvalue weighted by molar-refractivity contribution is 5.82. The first-order chi connectivity index (χ1) is 8.29. The number of hydrogen-bond donors (Lipinski definition) is 1. The van der Waals surface area contributed by atoms with Crippen molar-refractivity contribution in [1.29, 1.82) is 0 Å². The van der Waals surface area contributed by atoms with Crippen LogP contribution >= 0.6 is 0 Å². The zero-order valence-corrected chi connectivity index (χ0v) is 9.91. The molecule has 0 aliphatic carbocycles. The summed E-state index contributed by atoms with van der Waals surface area (Å²) in [6, 6.07) is -0.764. The molecule has 0 aromatic carbocycles. The molecule has 5 nitrogen and oxygen atoms in total. The van der Waals surface area contributed by atoms with E-state index in [0.717, 1.165) is 0 Å². The van der Waals surface area contributed by atoms with E-state index in [1.54, 1.807) is 6.92 Å². The SMILES string of the molecule is COC1CC(NC(=O)C(F)(F)F)C2(CO2)C(C)O1. The van der Waals surface area contributed by atoms with Crippen LogP contribution in [0.5, 0.6) is 0 Å². The van der Waals surface area contributed by atoms with Gasteiger partial charge in [0.1, 0.15) is 5.60 Å². The maximum Gasteiger partial charge on any atom is 0.471 e. The molecule has 4 atom stereocenters. The summed E-state index contributed by atoms with van der Waals surface area (Å²) in [5.74, 6) is -1.97. The molecule has 0 aromatic heterocycles. The minimum atomic E-state index is -4.90. The largest absolute Gasteiger partial charge is 0.471 e. The van der Waals surface area contributed by atoms with Gasteiger partial charge in [-0.1, -0.05) is 0 Å². The van der Waals surface area contributed by atoms with Crippen LogP contribution in [-0.4, -0.2) is 49.8 Å². The third kappa shape index (κ3) is 2.32. The van der Waals surface area contributed by atoms with E-state index >= 15 is 0 Å². The van der Waals surface area contributed by atoms with Gasteiger partial charge in [0.15, 0.2) is 6.29 Å². The molecule has 1 spiro atoms. The van der Waals surface area contributed by atoms with Crippen molar-refractivity contribution in [3.05, 3.63) is 0 Å². The maximum atomic E-state index is 12.2. The van der Waals surface area contributed by atoms with Crippen LogP contribution in [0.3, 0.4) is 0 Å². The molecule has 2 aliphatic heterocycles. The Labute approximate surface area is 102 Å². The van der Waals surface area contributed by atoms with Crippen LogP contribution < -0.4 is 5.32 Å². The van der Waals surface area contributed by atoms with Gasteiger partial charge < -0.3 is 19.5 Å². The molecule has 2 rings (SSSR count). The van der Waals surface area contributed by atoms with Gasteiger partial charge in [0, 0.05) is 13.5 Å². The Balaban J connectivity index is 2.07. The maximum absolute atomic E-state index is 12.2. The summed E-state index contributed by atoms with van der Waals surface area (Å²) < 4.78 is 52.3. The fourth-order valence-corrected chi connectivity index (χ4v) is 2.17. The minimum Gasteiger partial charge on any atom is -0.365 e. The molecule has 0 saturated carbocycles. The van der Waals surface area contributed by atoms with E-state index in [4.69, 9.17) is 14.2 Å². The van der Waals surface area contributed by atoms with Crippen LogP contribution in [0, 0.1) is 0 Å². The van der Waals surface area contributed by atoms with Gasteiger partial charge in [-0.05, 0) is 6.92 Å². The first-order valence-electron chi connectivity index (χ1n) is 5.49. The monoisotopic (exact) mass is 269 g/mol. The average Bonchev–Trinajstić information content (AvgIpc) is 3.05. The van der Waals surface area contributed by atoms with E-state index < -0.39 is 36.1 Å². The van der Waals surface area contributed by atoms with Crippen LogP contribution in [0.1, 0.15) is 13.3 Å². The van der Waals surface area contributed by atoms with E-state index in [9.17, 15) is 18.0 Å². The van der Waals surface area contributed by atoms with Crippen LogP contribution in [0.15, 0.2) is 0 Å². The summed E-state index contributed by atoms with van der Waals surface area (Å²) in [5, 5.41) is 1.96. The van der Waals surface area contributed by atoms with Gasteiger partial charge in [-0.2, -0.15) is 13.2 Å². The number of ether oxygens (including phenoxy) is 3. The number of rotatable bonds is 2. The molecule has 2 fully saturated rings. The third-order valence-corrected chi connectivity index (χ3v) is 3.37. The van der Waals surface area contributed by atoms with Gasteiger partial charge >= 0.3 is 12.1 Å². The van der Waals surface area contributed by atoms with Crippen molar-refractivity contribution in [1.82, 2.24) is 5.32 Å². The number of carbonyl (C=O) groups is 1. The van der Waals surface area contributed by atoms with E-state index in [1.807, 2.05) is 5.32 Å². The van der Waals surface area contributed by atoms with E-state index in [1.165, 1.54) is 7.11 Å². The van der Waals surface area contributed by atoms with Crippen molar-refractivity contribution in [3.8, 4) is 0 Å². The van der Waals surface area contributed by atoms with Gasteiger partial charge in [-0.15, -0.1) is 0 Å². The van der Waals surface area contributed by atoms with Crippen molar-refractivity contribution < 1.29 is 32.2 Å². The molecular weight excluding hydrogens is 255 g/mol. The summed E-state index contributed by atoms with van der Waals surface area (Å²) in [7, 11) is 1.39. The number of carbonyl (C=O) groups excluding carboxylic acids is 1. The molecule has 1 amide bonds. The van der Waals surface area contributed by atoms with Crippen molar-refractivity contribution in [2.75, 3.05) is 13.7 Å². The molecule has 4 unspecified atom stereocenters. The number of alkyl halides is 3. The quantitative estimate of drug-likeness (QED) is 0.745. The lowest BCUT2D eigenvalue weighted by Gasteiger charge is -2.38. The molecule has 18 heavy (non-hydrogen) atoms. The summed E-state index contributed by atoms with van der Waals surface area (Å²) in [6.45, 7) is 1.96. The van der Waals surface area contributed by atoms with Crippen LogP contribution in [0.4, 0.5) is 13.2 Å². The molecule has 2 aliphatic rings. The summed E-state index contributed by atoms with van der Waals surface area (Å²) in [6.07, 6.45) is -5.86. The lowest BCUT2D eigenvalue weighted by atomic mass is 9.89. The molecule has 2 heterocycles. The third-order valence-electron chi connectivity index (χ3n) is 3.37. The number of epoxide rings is 1. The summed E-state index contributed by atoms with van der Waals surface area (Å²) in [4.78, 5) is 11.0. The number of amides is 1. The van der Waals surface area contributed by atoms with Crippen molar-refractivity contribution >= 4 is 5.91 Å². The summed E-state index contributed by atoms with van der Waals surface area (Å²) in [5.41, 5.74) is -0.851. The molecule has 0 radical (unpaired) electrons. The molecule has 104 valence electrons. The van der Waals surface area contributed by atoms with Gasteiger partial charge in [0.2, 0.25) is 0 Å². The molecule has 0 bridgehead atoms. The Kier molecular flexibility index (Phi) is 3.28. The Morgan fingerprint density at radius 2 is 2.11 bits per heavy atom. The Bertz CT molecular complexity index is 343. The van der Waals surface area contributed by atoms with E-state index in [-0.39, 0.29) is 13.0 Å². The lowest BCUT2D eigenvalue weighted by molar-refractivity contribution is -0.209. The molecule has 1 N–H and O–H groups in total. The summed E-state index contributed by atoms with van der Waals surface area (Å²) >= 11 is 0. The second-order valence-corrected chi connectivity index (χ2v) is 4.45. The smallest absolute Gasteiger partial charge is 0.365 e. The fourth-order valence-electron chi connectivity index (χ4n) is 2.17. The van der Waals surface area contributed by atoms with Crippen LogP contribution in [0.2, 0.25) is 0 Å². The fraction of sp³-hybridized carbons (Fsp3) is 0.900. The van der Waals surface area contributed by atoms with Crippen molar-refractivity contribution in [2.24, 2.45) is 0 Å². The minimum absolute atomic E-state index is 0.128. The average molecular weight is 269 g/mol. The standard InChI is InChI=1S/C10H14F3NO4/c1-5-9(4-17-9)6(3-7(16-2)18-5)14-8(15)10(11,12)13/h5-7H,3-4H2,1-2H3,(H,14,15). The topological polar surface area (TPSA) is 60.1 Å². The van der Waals surface area contributed by atoms with Crippen molar-refractivity contribution in [3.63, 3.8) is 0 Å². The van der Waals surface area contributed by atoms with Gasteiger partial charge in [-0.25, -0.2) is 0 Å². The Morgan fingerprint density at radius 1 is 1.50 bits per heavy atom. The highest BCUT2D eigenvalue weighted by atomic mass is 19.4.